The van der Waals surface area contributed by atoms with Crippen molar-refractivity contribution >= 4 is 11.9 Å². The van der Waals surface area contributed by atoms with Crippen LogP contribution in [0.25, 0.3) is 0 Å². The predicted molar refractivity (Wildman–Crippen MR) is 52.1 cm³/mol. The highest BCUT2D eigenvalue weighted by Crippen LogP contribution is 2.26. The van der Waals surface area contributed by atoms with E-state index < -0.39 is 35.2 Å². The second kappa shape index (κ2) is 5.10. The van der Waals surface area contributed by atoms with E-state index in [0.29, 0.717) is 0 Å². The average molecular weight is 243 g/mol. The number of nitro groups is 1. The molecule has 1 aromatic rings. The van der Waals surface area contributed by atoms with Gasteiger partial charge in [0.2, 0.25) is 6.54 Å². The van der Waals surface area contributed by atoms with Crippen LogP contribution < -0.4 is 0 Å². The molecule has 0 saturated heterocycles. The van der Waals surface area contributed by atoms with Crippen molar-refractivity contribution in [3.05, 3.63) is 34.3 Å². The van der Waals surface area contributed by atoms with Crippen molar-refractivity contribution < 1.29 is 29.1 Å². The van der Waals surface area contributed by atoms with Gasteiger partial charge in [0.25, 0.3) is 0 Å². The van der Waals surface area contributed by atoms with Gasteiger partial charge in [0, 0.05) is 4.92 Å². The van der Waals surface area contributed by atoms with Crippen LogP contribution in [0.4, 0.5) is 0 Å². The lowest BCUT2D eigenvalue weighted by Crippen LogP contribution is -2.33. The molecular weight excluding hydrogens is 234 g/mol. The van der Waals surface area contributed by atoms with Crippen LogP contribution in [0.1, 0.15) is 11.7 Å². The lowest BCUT2D eigenvalue weighted by atomic mass is 9.90. The zero-order chi connectivity index (χ0) is 13.0. The number of furan rings is 1. The summed E-state index contributed by atoms with van der Waals surface area (Å²) in [5, 5.41) is 28.0. The average Bonchev–Trinajstić information content (AvgIpc) is 2.66. The number of carboxylic acid groups (broad SMARTS) is 2. The van der Waals surface area contributed by atoms with Gasteiger partial charge in [-0.15, -0.1) is 0 Å². The summed E-state index contributed by atoms with van der Waals surface area (Å²) in [6, 6.07) is 2.72. The van der Waals surface area contributed by atoms with Crippen LogP contribution in [0, 0.1) is 16.0 Å². The molecule has 1 unspecified atom stereocenters. The third kappa shape index (κ3) is 3.03. The van der Waals surface area contributed by atoms with Gasteiger partial charge < -0.3 is 14.6 Å². The zero-order valence-corrected chi connectivity index (χ0v) is 8.48. The van der Waals surface area contributed by atoms with Crippen molar-refractivity contribution in [3.63, 3.8) is 0 Å². The van der Waals surface area contributed by atoms with E-state index >= 15 is 0 Å². The second-order valence-corrected chi connectivity index (χ2v) is 3.29. The summed E-state index contributed by atoms with van der Waals surface area (Å²) in [6.45, 7) is -0.823. The van der Waals surface area contributed by atoms with Gasteiger partial charge >= 0.3 is 11.9 Å². The molecule has 0 aliphatic heterocycles. The van der Waals surface area contributed by atoms with Crippen molar-refractivity contribution in [3.8, 4) is 0 Å². The van der Waals surface area contributed by atoms with Gasteiger partial charge in [-0.2, -0.15) is 0 Å². The summed E-state index contributed by atoms with van der Waals surface area (Å²) in [5.74, 6) is -6.56. The van der Waals surface area contributed by atoms with Crippen LogP contribution in [-0.2, 0) is 9.59 Å². The molecule has 1 atom stereocenters. The smallest absolute Gasteiger partial charge is 0.318 e. The molecule has 0 amide bonds. The molecule has 0 fully saturated rings. The third-order valence-electron chi connectivity index (χ3n) is 2.19. The Labute approximate surface area is 94.6 Å². The van der Waals surface area contributed by atoms with Crippen molar-refractivity contribution in [2.75, 3.05) is 6.54 Å². The lowest BCUT2D eigenvalue weighted by Gasteiger charge is -2.14. The maximum absolute atomic E-state index is 10.8. The first-order valence-electron chi connectivity index (χ1n) is 4.54. The van der Waals surface area contributed by atoms with Crippen molar-refractivity contribution in [2.24, 2.45) is 5.92 Å². The number of carbonyl (C=O) groups is 2. The monoisotopic (exact) mass is 243 g/mol. The van der Waals surface area contributed by atoms with Crippen LogP contribution in [-0.4, -0.2) is 33.6 Å². The summed E-state index contributed by atoms with van der Waals surface area (Å²) in [4.78, 5) is 31.3. The molecule has 0 saturated carbocycles. The molecule has 1 rings (SSSR count). The van der Waals surface area contributed by atoms with Gasteiger partial charge in [-0.05, 0) is 12.1 Å². The minimum Gasteiger partial charge on any atom is -0.481 e. The molecule has 0 aromatic carbocycles. The van der Waals surface area contributed by atoms with Crippen molar-refractivity contribution in [1.29, 1.82) is 0 Å². The van der Waals surface area contributed by atoms with Gasteiger partial charge in [-0.3, -0.25) is 19.7 Å². The van der Waals surface area contributed by atoms with Gasteiger partial charge in [0.15, 0.2) is 5.92 Å². The summed E-state index contributed by atoms with van der Waals surface area (Å²) in [6.07, 6.45) is 1.20. The van der Waals surface area contributed by atoms with Crippen molar-refractivity contribution in [1.82, 2.24) is 0 Å². The Bertz CT molecular complexity index is 411. The van der Waals surface area contributed by atoms with Gasteiger partial charge in [0.05, 0.1) is 6.26 Å². The van der Waals surface area contributed by atoms with E-state index in [4.69, 9.17) is 14.6 Å². The lowest BCUT2D eigenvalue weighted by molar-refractivity contribution is -0.484. The summed E-state index contributed by atoms with van der Waals surface area (Å²) >= 11 is 0. The highest BCUT2D eigenvalue weighted by molar-refractivity contribution is 5.94. The Balaban J connectivity index is 3.08. The molecule has 0 bridgehead atoms. The van der Waals surface area contributed by atoms with E-state index in [2.05, 4.69) is 0 Å². The Morgan fingerprint density at radius 3 is 2.35 bits per heavy atom. The number of nitrogens with zero attached hydrogens (tertiary/aromatic N) is 1. The summed E-state index contributed by atoms with van der Waals surface area (Å²) < 4.78 is 4.85. The fraction of sp³-hybridized carbons (Fsp3) is 0.333. The zero-order valence-electron chi connectivity index (χ0n) is 8.48. The van der Waals surface area contributed by atoms with Gasteiger partial charge in [-0.25, -0.2) is 0 Å². The predicted octanol–water partition coefficient (Wildman–Crippen LogP) is 0.425. The minimum atomic E-state index is -1.91. The van der Waals surface area contributed by atoms with E-state index in [-0.39, 0.29) is 5.76 Å². The molecule has 0 aliphatic carbocycles. The number of carboxylic acids is 2. The van der Waals surface area contributed by atoms with Crippen LogP contribution in [0.2, 0.25) is 0 Å². The number of hydrogen-bond acceptors (Lipinski definition) is 5. The normalized spacial score (nSPS) is 12.3. The fourth-order valence-electron chi connectivity index (χ4n) is 1.47. The highest BCUT2D eigenvalue weighted by atomic mass is 16.6. The molecule has 17 heavy (non-hydrogen) atoms. The minimum absolute atomic E-state index is 0.0310. The molecule has 0 aliphatic rings. The molecular formula is C9H9NO7. The maximum atomic E-state index is 10.8. The fourth-order valence-corrected chi connectivity index (χ4v) is 1.47. The van der Waals surface area contributed by atoms with E-state index in [9.17, 15) is 19.7 Å². The number of rotatable bonds is 6. The molecule has 0 radical (unpaired) electrons. The van der Waals surface area contributed by atoms with E-state index in [1.165, 1.54) is 18.4 Å². The van der Waals surface area contributed by atoms with E-state index in [1.54, 1.807) is 0 Å². The molecule has 8 heteroatoms. The van der Waals surface area contributed by atoms with Crippen LogP contribution in [0.3, 0.4) is 0 Å². The highest BCUT2D eigenvalue weighted by Gasteiger charge is 2.40. The quantitative estimate of drug-likeness (QED) is 0.420. The maximum Gasteiger partial charge on any atom is 0.318 e. The van der Waals surface area contributed by atoms with Crippen molar-refractivity contribution in [2.45, 2.75) is 5.92 Å². The summed E-state index contributed by atoms with van der Waals surface area (Å²) in [7, 11) is 0. The van der Waals surface area contributed by atoms with Crippen LogP contribution in [0.15, 0.2) is 22.8 Å². The second-order valence-electron chi connectivity index (χ2n) is 3.29. The third-order valence-corrected chi connectivity index (χ3v) is 2.19. The largest absolute Gasteiger partial charge is 0.481 e. The molecule has 1 aromatic heterocycles. The number of aliphatic carboxylic acids is 2. The topological polar surface area (TPSA) is 131 Å². The van der Waals surface area contributed by atoms with E-state index in [1.807, 2.05) is 0 Å². The van der Waals surface area contributed by atoms with Crippen LogP contribution >= 0.6 is 0 Å². The first-order valence-corrected chi connectivity index (χ1v) is 4.54. The first kappa shape index (κ1) is 12.7. The standard InChI is InChI=1S/C9H9NO7/c11-8(12)7(9(13)14)5(4-10(15)16)6-2-1-3-17-6/h1-3,5,7H,4H2,(H,11,12)(H,13,14). The molecule has 8 nitrogen and oxygen atoms in total. The Morgan fingerprint density at radius 2 is 2.00 bits per heavy atom. The van der Waals surface area contributed by atoms with Gasteiger partial charge in [0.1, 0.15) is 11.7 Å². The molecule has 92 valence electrons. The molecule has 2 N–H and O–H groups in total. The van der Waals surface area contributed by atoms with Gasteiger partial charge in [-0.1, -0.05) is 0 Å². The Morgan fingerprint density at radius 1 is 1.41 bits per heavy atom. The number of hydrogen-bond donors (Lipinski definition) is 2. The Hall–Kier alpha value is -2.38. The molecule has 1 heterocycles. The first-order chi connectivity index (χ1) is 7.93. The molecule has 0 spiro atoms. The Kier molecular flexibility index (Phi) is 3.81. The van der Waals surface area contributed by atoms with E-state index in [0.717, 1.165) is 0 Å². The SMILES string of the molecule is O=C(O)C(C(=O)O)C(C[N+](=O)[O-])c1ccco1. The summed E-state index contributed by atoms with van der Waals surface area (Å²) in [5.41, 5.74) is 0. The van der Waals surface area contributed by atoms with Crippen LogP contribution in [0.5, 0.6) is 0 Å².